The molecule has 2 aromatic carbocycles. The Morgan fingerprint density at radius 2 is 2.00 bits per heavy atom. The second-order valence-corrected chi connectivity index (χ2v) is 5.70. The molecule has 3 aromatic rings. The van der Waals surface area contributed by atoms with Gasteiger partial charge in [-0.05, 0) is 35.9 Å². The highest BCUT2D eigenvalue weighted by Gasteiger charge is 2.10. The fraction of sp³-hybridized carbons (Fsp3) is 0.0625. The molecule has 1 aromatic heterocycles. The first kappa shape index (κ1) is 14.9. The molecule has 0 spiro atoms. The highest BCUT2D eigenvalue weighted by molar-refractivity contribution is 6.31. The van der Waals surface area contributed by atoms with Crippen molar-refractivity contribution < 1.29 is 9.18 Å². The summed E-state index contributed by atoms with van der Waals surface area (Å²) in [6.07, 6.45) is 1.97. The summed E-state index contributed by atoms with van der Waals surface area (Å²) < 4.78 is 13.1. The first-order chi connectivity index (χ1) is 10.5. The lowest BCUT2D eigenvalue weighted by Crippen LogP contribution is -2.14. The van der Waals surface area contributed by atoms with E-state index in [2.05, 4.69) is 10.3 Å². The number of aromatic amines is 1. The summed E-state index contributed by atoms with van der Waals surface area (Å²) in [6, 6.07) is 9.51. The van der Waals surface area contributed by atoms with E-state index in [9.17, 15) is 9.18 Å². The maximum Gasteiger partial charge on any atom is 0.228 e. The standard InChI is InChI=1S/C16H11Cl2FN2O/c17-10-1-3-12-9(8-20-15(12)6-10)5-16(22)21-11-2-4-14(19)13(18)7-11/h1-4,6-8,20H,5H2,(H,21,22). The Labute approximate surface area is 136 Å². The number of H-pyrrole nitrogens is 1. The SMILES string of the molecule is O=C(Cc1c[nH]c2cc(Cl)ccc12)Nc1ccc(F)c(Cl)c1. The van der Waals surface area contributed by atoms with E-state index in [4.69, 9.17) is 23.2 Å². The number of fused-ring (bicyclic) bond motifs is 1. The number of benzene rings is 2. The summed E-state index contributed by atoms with van der Waals surface area (Å²) in [5, 5.41) is 4.24. The number of nitrogens with one attached hydrogen (secondary N) is 2. The third kappa shape index (κ3) is 3.08. The van der Waals surface area contributed by atoms with Crippen molar-refractivity contribution in [2.45, 2.75) is 6.42 Å². The number of carbonyl (C=O) groups is 1. The van der Waals surface area contributed by atoms with Crippen LogP contribution in [0.3, 0.4) is 0 Å². The lowest BCUT2D eigenvalue weighted by Gasteiger charge is -2.05. The third-order valence-electron chi connectivity index (χ3n) is 3.28. The molecule has 0 radical (unpaired) electrons. The number of rotatable bonds is 3. The van der Waals surface area contributed by atoms with Crippen LogP contribution in [0.4, 0.5) is 10.1 Å². The van der Waals surface area contributed by atoms with Gasteiger partial charge in [-0.1, -0.05) is 29.3 Å². The van der Waals surface area contributed by atoms with Crippen molar-refractivity contribution in [3.63, 3.8) is 0 Å². The summed E-state index contributed by atoms with van der Waals surface area (Å²) in [4.78, 5) is 15.2. The van der Waals surface area contributed by atoms with Gasteiger partial charge in [0.15, 0.2) is 0 Å². The van der Waals surface area contributed by atoms with Crippen LogP contribution in [0.5, 0.6) is 0 Å². The minimum atomic E-state index is -0.520. The third-order valence-corrected chi connectivity index (χ3v) is 3.81. The Hall–Kier alpha value is -2.04. The monoisotopic (exact) mass is 336 g/mol. The van der Waals surface area contributed by atoms with Crippen molar-refractivity contribution in [2.75, 3.05) is 5.32 Å². The van der Waals surface area contributed by atoms with Gasteiger partial charge >= 0.3 is 0 Å². The van der Waals surface area contributed by atoms with Crippen LogP contribution < -0.4 is 5.32 Å². The van der Waals surface area contributed by atoms with Gasteiger partial charge in [-0.15, -0.1) is 0 Å². The molecule has 0 saturated heterocycles. The molecule has 3 rings (SSSR count). The number of aromatic nitrogens is 1. The molecule has 0 atom stereocenters. The fourth-order valence-corrected chi connectivity index (χ4v) is 2.61. The highest BCUT2D eigenvalue weighted by Crippen LogP contribution is 2.23. The first-order valence-corrected chi connectivity index (χ1v) is 7.29. The molecule has 0 unspecified atom stereocenters. The van der Waals surface area contributed by atoms with Gasteiger partial charge in [0, 0.05) is 27.8 Å². The van der Waals surface area contributed by atoms with E-state index in [-0.39, 0.29) is 17.4 Å². The van der Waals surface area contributed by atoms with Crippen molar-refractivity contribution in [2.24, 2.45) is 0 Å². The Kier molecular flexibility index (Phi) is 4.05. The predicted octanol–water partition coefficient (Wildman–Crippen LogP) is 4.80. The lowest BCUT2D eigenvalue weighted by molar-refractivity contribution is -0.115. The van der Waals surface area contributed by atoms with Crippen LogP contribution in [0.2, 0.25) is 10.0 Å². The first-order valence-electron chi connectivity index (χ1n) is 6.53. The van der Waals surface area contributed by atoms with Crippen molar-refractivity contribution in [1.29, 1.82) is 0 Å². The topological polar surface area (TPSA) is 44.9 Å². The maximum atomic E-state index is 13.1. The fourth-order valence-electron chi connectivity index (χ4n) is 2.26. The van der Waals surface area contributed by atoms with E-state index in [0.29, 0.717) is 10.7 Å². The van der Waals surface area contributed by atoms with Crippen LogP contribution in [0.1, 0.15) is 5.56 Å². The lowest BCUT2D eigenvalue weighted by atomic mass is 10.1. The Morgan fingerprint density at radius 1 is 1.18 bits per heavy atom. The molecule has 0 aliphatic carbocycles. The van der Waals surface area contributed by atoms with Gasteiger partial charge in [0.2, 0.25) is 5.91 Å². The van der Waals surface area contributed by atoms with Gasteiger partial charge in [0.25, 0.3) is 0 Å². The van der Waals surface area contributed by atoms with Gasteiger partial charge in [-0.25, -0.2) is 4.39 Å². The summed E-state index contributed by atoms with van der Waals surface area (Å²) in [5.41, 5.74) is 2.19. The van der Waals surface area contributed by atoms with Gasteiger partial charge < -0.3 is 10.3 Å². The molecule has 22 heavy (non-hydrogen) atoms. The van der Waals surface area contributed by atoms with E-state index in [1.807, 2.05) is 6.07 Å². The molecular formula is C16H11Cl2FN2O. The summed E-state index contributed by atoms with van der Waals surface area (Å²) in [6.45, 7) is 0. The minimum Gasteiger partial charge on any atom is -0.361 e. The van der Waals surface area contributed by atoms with Crippen molar-refractivity contribution in [3.8, 4) is 0 Å². The number of anilines is 1. The van der Waals surface area contributed by atoms with E-state index >= 15 is 0 Å². The van der Waals surface area contributed by atoms with Crippen molar-refractivity contribution in [3.05, 3.63) is 64.0 Å². The molecule has 0 aliphatic heterocycles. The number of carbonyl (C=O) groups excluding carboxylic acids is 1. The van der Waals surface area contributed by atoms with E-state index in [0.717, 1.165) is 16.5 Å². The van der Waals surface area contributed by atoms with Crippen LogP contribution >= 0.6 is 23.2 Å². The van der Waals surface area contributed by atoms with E-state index in [1.54, 1.807) is 18.3 Å². The zero-order chi connectivity index (χ0) is 15.7. The van der Waals surface area contributed by atoms with E-state index in [1.165, 1.54) is 18.2 Å². The molecule has 0 fully saturated rings. The number of amides is 1. The summed E-state index contributed by atoms with van der Waals surface area (Å²) >= 11 is 11.6. The maximum absolute atomic E-state index is 13.1. The van der Waals surface area contributed by atoms with E-state index < -0.39 is 5.82 Å². The molecule has 0 aliphatic rings. The largest absolute Gasteiger partial charge is 0.361 e. The molecule has 112 valence electrons. The molecule has 3 nitrogen and oxygen atoms in total. The molecule has 0 saturated carbocycles. The number of hydrogen-bond acceptors (Lipinski definition) is 1. The van der Waals surface area contributed by atoms with Gasteiger partial charge in [0.1, 0.15) is 5.82 Å². The molecular weight excluding hydrogens is 326 g/mol. The number of hydrogen-bond donors (Lipinski definition) is 2. The van der Waals surface area contributed by atoms with Crippen molar-refractivity contribution in [1.82, 2.24) is 4.98 Å². The van der Waals surface area contributed by atoms with Crippen molar-refractivity contribution >= 4 is 45.7 Å². The predicted molar refractivity (Wildman–Crippen MR) is 87.1 cm³/mol. The Bertz CT molecular complexity index is 860. The van der Waals surface area contributed by atoms with Crippen LogP contribution in [-0.4, -0.2) is 10.9 Å². The number of halogens is 3. The zero-order valence-corrected chi connectivity index (χ0v) is 12.8. The molecule has 2 N–H and O–H groups in total. The average molecular weight is 337 g/mol. The molecule has 1 heterocycles. The Morgan fingerprint density at radius 3 is 2.77 bits per heavy atom. The second kappa shape index (κ2) is 5.99. The normalized spacial score (nSPS) is 10.9. The average Bonchev–Trinajstić information content (AvgIpc) is 2.85. The minimum absolute atomic E-state index is 0.0282. The van der Waals surface area contributed by atoms with Crippen LogP contribution in [0.15, 0.2) is 42.6 Å². The smallest absolute Gasteiger partial charge is 0.228 e. The van der Waals surface area contributed by atoms with Crippen LogP contribution in [-0.2, 0) is 11.2 Å². The summed E-state index contributed by atoms with van der Waals surface area (Å²) in [5.74, 6) is -0.730. The van der Waals surface area contributed by atoms with Gasteiger partial charge in [0.05, 0.1) is 11.4 Å². The zero-order valence-electron chi connectivity index (χ0n) is 11.3. The highest BCUT2D eigenvalue weighted by atomic mass is 35.5. The summed E-state index contributed by atoms with van der Waals surface area (Å²) in [7, 11) is 0. The van der Waals surface area contributed by atoms with Gasteiger partial charge in [-0.3, -0.25) is 4.79 Å². The quantitative estimate of drug-likeness (QED) is 0.709. The molecule has 0 bridgehead atoms. The molecule has 1 amide bonds. The van der Waals surface area contributed by atoms with Crippen LogP contribution in [0, 0.1) is 5.82 Å². The molecule has 6 heteroatoms. The Balaban J connectivity index is 1.76. The van der Waals surface area contributed by atoms with Gasteiger partial charge in [-0.2, -0.15) is 0 Å². The van der Waals surface area contributed by atoms with Crippen LogP contribution in [0.25, 0.3) is 10.9 Å². The second-order valence-electron chi connectivity index (χ2n) is 4.86.